The summed E-state index contributed by atoms with van der Waals surface area (Å²) in [4.78, 5) is 12.7. The average Bonchev–Trinajstić information content (AvgIpc) is 2.49. The molecule has 0 spiro atoms. The highest BCUT2D eigenvalue weighted by molar-refractivity contribution is 9.11. The van der Waals surface area contributed by atoms with Crippen molar-refractivity contribution >= 4 is 55.1 Å². The molecule has 0 aromatic heterocycles. The highest BCUT2D eigenvalue weighted by Crippen LogP contribution is 2.38. The predicted molar refractivity (Wildman–Crippen MR) is 108 cm³/mol. The van der Waals surface area contributed by atoms with Gasteiger partial charge >= 0.3 is 0 Å². The van der Waals surface area contributed by atoms with Crippen molar-refractivity contribution < 1.29 is 14.6 Å². The molecule has 2 aromatic carbocycles. The lowest BCUT2D eigenvalue weighted by Crippen LogP contribution is -2.16. The van der Waals surface area contributed by atoms with Crippen LogP contribution in [-0.2, 0) is 5.41 Å². The molecule has 0 saturated heterocycles. The number of methoxy groups -OCH3 is 1. The minimum absolute atomic E-state index is 0.170. The quantitative estimate of drug-likeness (QED) is 0.508. The highest BCUT2D eigenvalue weighted by atomic mass is 79.9. The van der Waals surface area contributed by atoms with E-state index in [0.717, 1.165) is 10.0 Å². The van der Waals surface area contributed by atoms with E-state index in [2.05, 4.69) is 37.2 Å². The summed E-state index contributed by atoms with van der Waals surface area (Å²) < 4.78 is 6.66. The van der Waals surface area contributed by atoms with Gasteiger partial charge in [-0.15, -0.1) is 0 Å². The topological polar surface area (TPSA) is 58.6 Å². The molecule has 4 nitrogen and oxygen atoms in total. The van der Waals surface area contributed by atoms with Gasteiger partial charge in [0.05, 0.1) is 27.9 Å². The number of hydrogen-bond donors (Lipinski definition) is 2. The first-order valence-corrected chi connectivity index (χ1v) is 9.38. The van der Waals surface area contributed by atoms with Crippen molar-refractivity contribution in [2.75, 3.05) is 12.4 Å². The number of nitrogens with one attached hydrogen (secondary N) is 1. The number of phenolic OH excluding ortho intramolecular Hbond substituents is 1. The molecule has 0 unspecified atom stereocenters. The number of carbonyl (C=O) groups excluding carboxylic acids is 1. The minimum atomic E-state index is -0.420. The van der Waals surface area contributed by atoms with Crippen LogP contribution in [0.15, 0.2) is 33.2 Å². The van der Waals surface area contributed by atoms with Crippen LogP contribution in [0.25, 0.3) is 0 Å². The Labute approximate surface area is 168 Å². The Hall–Kier alpha value is -1.24. The molecule has 1 amide bonds. The van der Waals surface area contributed by atoms with Gasteiger partial charge in [0.25, 0.3) is 5.91 Å². The Morgan fingerprint density at radius 2 is 1.84 bits per heavy atom. The number of anilines is 1. The predicted octanol–water partition coefficient (Wildman–Crippen LogP) is 6.13. The fourth-order valence-corrected chi connectivity index (χ4v) is 3.86. The van der Waals surface area contributed by atoms with Crippen molar-refractivity contribution in [3.05, 3.63) is 49.4 Å². The Bertz CT molecular complexity index is 832. The van der Waals surface area contributed by atoms with Crippen LogP contribution in [0.4, 0.5) is 5.69 Å². The molecule has 2 rings (SSSR count). The molecule has 0 fully saturated rings. The van der Waals surface area contributed by atoms with Crippen LogP contribution < -0.4 is 10.1 Å². The molecule has 0 radical (unpaired) electrons. The number of halogens is 3. The van der Waals surface area contributed by atoms with Crippen LogP contribution in [0.3, 0.4) is 0 Å². The molecule has 2 N–H and O–H groups in total. The normalized spacial score (nSPS) is 11.3. The molecule has 2 aromatic rings. The molecular formula is C18H18Br2ClNO3. The molecular weight excluding hydrogens is 473 g/mol. The first kappa shape index (κ1) is 20.1. The van der Waals surface area contributed by atoms with Crippen molar-refractivity contribution in [1.82, 2.24) is 0 Å². The molecule has 0 bridgehead atoms. The average molecular weight is 492 g/mol. The Morgan fingerprint density at radius 1 is 1.20 bits per heavy atom. The van der Waals surface area contributed by atoms with Crippen molar-refractivity contribution in [3.8, 4) is 11.5 Å². The zero-order valence-corrected chi connectivity index (χ0v) is 18.1. The van der Waals surface area contributed by atoms with Crippen molar-refractivity contribution in [3.63, 3.8) is 0 Å². The lowest BCUT2D eigenvalue weighted by atomic mass is 9.86. The number of carbonyl (C=O) groups is 1. The smallest absolute Gasteiger partial charge is 0.259 e. The number of amides is 1. The minimum Gasteiger partial charge on any atom is -0.504 e. The number of benzene rings is 2. The molecule has 7 heteroatoms. The number of ether oxygens (including phenoxy) is 1. The van der Waals surface area contributed by atoms with Crippen LogP contribution >= 0.6 is 43.5 Å². The number of rotatable bonds is 3. The van der Waals surface area contributed by atoms with Crippen LogP contribution in [0.1, 0.15) is 36.7 Å². The van der Waals surface area contributed by atoms with E-state index < -0.39 is 5.91 Å². The molecule has 0 aliphatic carbocycles. The second-order valence-corrected chi connectivity index (χ2v) is 8.70. The molecule has 0 saturated carbocycles. The number of phenols is 1. The van der Waals surface area contributed by atoms with E-state index in [1.54, 1.807) is 24.3 Å². The molecule has 0 aliphatic heterocycles. The van der Waals surface area contributed by atoms with Gasteiger partial charge < -0.3 is 15.2 Å². The maximum absolute atomic E-state index is 12.7. The third kappa shape index (κ3) is 4.49. The first-order chi connectivity index (χ1) is 11.5. The van der Waals surface area contributed by atoms with Crippen LogP contribution in [-0.4, -0.2) is 18.1 Å². The Kier molecular flexibility index (Phi) is 6.07. The summed E-state index contributed by atoms with van der Waals surface area (Å²) in [5.74, 6) is -0.189. The van der Waals surface area contributed by atoms with Gasteiger partial charge in [-0.25, -0.2) is 0 Å². The Balaban J connectivity index is 2.47. The largest absolute Gasteiger partial charge is 0.504 e. The van der Waals surface area contributed by atoms with Gasteiger partial charge in [0.2, 0.25) is 0 Å². The van der Waals surface area contributed by atoms with Crippen molar-refractivity contribution in [1.29, 1.82) is 0 Å². The summed E-state index contributed by atoms with van der Waals surface area (Å²) >= 11 is 12.9. The summed E-state index contributed by atoms with van der Waals surface area (Å²) in [6.45, 7) is 6.07. The fourth-order valence-electron chi connectivity index (χ4n) is 2.25. The first-order valence-electron chi connectivity index (χ1n) is 7.42. The maximum atomic E-state index is 12.7. The standard InChI is InChI=1S/C18H18Br2ClNO3/c1-18(2,3)9-5-13(21)15(23)14(6-9)22-17(24)11-7-10(19)8-12(20)16(11)25-4/h5-8,23H,1-4H3,(H,22,24). The third-order valence-corrected chi connectivity index (χ3v) is 4.97. The summed E-state index contributed by atoms with van der Waals surface area (Å²) in [5, 5.41) is 13.1. The van der Waals surface area contributed by atoms with E-state index in [9.17, 15) is 9.90 Å². The van der Waals surface area contributed by atoms with E-state index >= 15 is 0 Å². The monoisotopic (exact) mass is 489 g/mol. The highest BCUT2D eigenvalue weighted by Gasteiger charge is 2.21. The van der Waals surface area contributed by atoms with E-state index in [0.29, 0.717) is 15.8 Å². The zero-order valence-electron chi connectivity index (χ0n) is 14.2. The second kappa shape index (κ2) is 7.56. The van der Waals surface area contributed by atoms with Gasteiger partial charge in [-0.3, -0.25) is 4.79 Å². The van der Waals surface area contributed by atoms with Crippen LogP contribution in [0, 0.1) is 0 Å². The summed E-state index contributed by atoms with van der Waals surface area (Å²) in [5.41, 5.74) is 1.28. The Morgan fingerprint density at radius 3 is 2.40 bits per heavy atom. The van der Waals surface area contributed by atoms with Crippen molar-refractivity contribution in [2.24, 2.45) is 0 Å². The van der Waals surface area contributed by atoms with Gasteiger partial charge in [0, 0.05) is 4.47 Å². The van der Waals surface area contributed by atoms with Gasteiger partial charge in [0.15, 0.2) is 5.75 Å². The molecule has 0 atom stereocenters. The molecule has 0 aliphatic rings. The van der Waals surface area contributed by atoms with Gasteiger partial charge in [0.1, 0.15) is 5.75 Å². The van der Waals surface area contributed by atoms with Crippen LogP contribution in [0.5, 0.6) is 11.5 Å². The fraction of sp³-hybridized carbons (Fsp3) is 0.278. The van der Waals surface area contributed by atoms with E-state index in [1.807, 2.05) is 20.8 Å². The maximum Gasteiger partial charge on any atom is 0.259 e. The van der Waals surface area contributed by atoms with Gasteiger partial charge in [-0.1, -0.05) is 48.3 Å². The lowest BCUT2D eigenvalue weighted by molar-refractivity contribution is 0.102. The summed E-state index contributed by atoms with van der Waals surface area (Å²) in [7, 11) is 1.49. The zero-order chi connectivity index (χ0) is 18.9. The van der Waals surface area contributed by atoms with E-state index in [1.165, 1.54) is 7.11 Å². The number of aromatic hydroxyl groups is 1. The third-order valence-electron chi connectivity index (χ3n) is 3.63. The summed E-state index contributed by atoms with van der Waals surface area (Å²) in [6.07, 6.45) is 0. The molecule has 0 heterocycles. The summed E-state index contributed by atoms with van der Waals surface area (Å²) in [6, 6.07) is 6.84. The van der Waals surface area contributed by atoms with Crippen molar-refractivity contribution in [2.45, 2.75) is 26.2 Å². The number of hydrogen-bond acceptors (Lipinski definition) is 3. The SMILES string of the molecule is COc1c(Br)cc(Br)cc1C(=O)Nc1cc(C(C)(C)C)cc(Cl)c1O. The van der Waals surface area contributed by atoms with E-state index in [4.69, 9.17) is 16.3 Å². The van der Waals surface area contributed by atoms with E-state index in [-0.39, 0.29) is 21.9 Å². The second-order valence-electron chi connectivity index (χ2n) is 6.53. The van der Waals surface area contributed by atoms with Gasteiger partial charge in [-0.2, -0.15) is 0 Å². The molecule has 134 valence electrons. The molecule has 25 heavy (non-hydrogen) atoms. The lowest BCUT2D eigenvalue weighted by Gasteiger charge is -2.21. The van der Waals surface area contributed by atoms with Crippen LogP contribution in [0.2, 0.25) is 5.02 Å². The van der Waals surface area contributed by atoms with Gasteiger partial charge in [-0.05, 0) is 51.2 Å².